The normalized spacial score (nSPS) is 11.0. The lowest BCUT2D eigenvalue weighted by Gasteiger charge is -2.08. The zero-order chi connectivity index (χ0) is 15.1. The first-order chi connectivity index (χ1) is 9.66. The molecular weight excluding hydrogens is 262 g/mol. The topological polar surface area (TPSA) is 66.0 Å². The van der Waals surface area contributed by atoms with E-state index in [4.69, 9.17) is 18.9 Å². The molecule has 0 saturated carbocycles. The smallest absolute Gasteiger partial charge is 0.220 e. The van der Waals surface area contributed by atoms with Gasteiger partial charge in [0.2, 0.25) is 5.91 Å². The van der Waals surface area contributed by atoms with E-state index in [2.05, 4.69) is 5.32 Å². The zero-order valence-corrected chi connectivity index (χ0v) is 13.0. The van der Waals surface area contributed by atoms with Crippen molar-refractivity contribution < 1.29 is 23.7 Å². The average Bonchev–Trinajstić information content (AvgIpc) is 2.41. The molecule has 0 atom stereocenters. The molecule has 0 radical (unpaired) electrons. The van der Waals surface area contributed by atoms with Crippen LogP contribution in [-0.4, -0.2) is 65.3 Å². The predicted molar refractivity (Wildman–Crippen MR) is 76.8 cm³/mol. The fourth-order valence-electron chi connectivity index (χ4n) is 1.37. The van der Waals surface area contributed by atoms with Crippen LogP contribution in [0.25, 0.3) is 0 Å². The molecule has 0 unspecified atom stereocenters. The summed E-state index contributed by atoms with van der Waals surface area (Å²) in [6, 6.07) is 0. The van der Waals surface area contributed by atoms with Crippen LogP contribution >= 0.6 is 0 Å². The Balaban J connectivity index is 3.15. The Kier molecular flexibility index (Phi) is 14.2. The Bertz CT molecular complexity index is 224. The lowest BCUT2D eigenvalue weighted by Crippen LogP contribution is -2.27. The van der Waals surface area contributed by atoms with Crippen LogP contribution < -0.4 is 5.32 Å². The van der Waals surface area contributed by atoms with Crippen molar-refractivity contribution >= 4 is 5.91 Å². The zero-order valence-electron chi connectivity index (χ0n) is 13.0. The molecule has 1 amide bonds. The Morgan fingerprint density at radius 2 is 1.65 bits per heavy atom. The molecule has 120 valence electrons. The first kappa shape index (κ1) is 19.3. The first-order valence-corrected chi connectivity index (χ1v) is 7.19. The monoisotopic (exact) mass is 291 g/mol. The van der Waals surface area contributed by atoms with E-state index in [1.165, 1.54) is 0 Å². The second kappa shape index (κ2) is 14.7. The van der Waals surface area contributed by atoms with Gasteiger partial charge in [0.1, 0.15) is 0 Å². The van der Waals surface area contributed by atoms with E-state index in [0.717, 1.165) is 6.42 Å². The van der Waals surface area contributed by atoms with Crippen LogP contribution in [0.5, 0.6) is 0 Å². The van der Waals surface area contributed by atoms with Crippen LogP contribution in [-0.2, 0) is 23.7 Å². The molecule has 6 nitrogen and oxygen atoms in total. The highest BCUT2D eigenvalue weighted by Crippen LogP contribution is 1.94. The minimum atomic E-state index is 0.0392. The second-order valence-electron chi connectivity index (χ2n) is 4.59. The van der Waals surface area contributed by atoms with Crippen LogP contribution in [0.4, 0.5) is 0 Å². The number of hydrogen-bond acceptors (Lipinski definition) is 5. The summed E-state index contributed by atoms with van der Waals surface area (Å²) >= 11 is 0. The van der Waals surface area contributed by atoms with Gasteiger partial charge in [-0.2, -0.15) is 0 Å². The van der Waals surface area contributed by atoms with Gasteiger partial charge >= 0.3 is 0 Å². The molecule has 1 N–H and O–H groups in total. The van der Waals surface area contributed by atoms with Crippen molar-refractivity contribution in [3.05, 3.63) is 0 Å². The number of amides is 1. The number of nitrogens with one attached hydrogen (secondary N) is 1. The maximum atomic E-state index is 11.4. The molecule has 0 aliphatic heterocycles. The van der Waals surface area contributed by atoms with Crippen molar-refractivity contribution in [2.75, 3.05) is 53.3 Å². The predicted octanol–water partition coefficient (Wildman–Crippen LogP) is 0.987. The molecule has 0 saturated heterocycles. The molecule has 0 rings (SSSR count). The number of methoxy groups -OCH3 is 1. The van der Waals surface area contributed by atoms with Crippen molar-refractivity contribution in [1.29, 1.82) is 0 Å². The van der Waals surface area contributed by atoms with Crippen molar-refractivity contribution in [3.63, 3.8) is 0 Å². The summed E-state index contributed by atoms with van der Waals surface area (Å²) in [5, 5.41) is 2.80. The van der Waals surface area contributed by atoms with Crippen LogP contribution in [0.2, 0.25) is 0 Å². The third-order valence-electron chi connectivity index (χ3n) is 2.37. The molecule has 0 fully saturated rings. The average molecular weight is 291 g/mol. The fraction of sp³-hybridized carbons (Fsp3) is 0.929. The molecule has 0 spiro atoms. The van der Waals surface area contributed by atoms with Gasteiger partial charge in [-0.1, -0.05) is 0 Å². The number of rotatable bonds is 14. The summed E-state index contributed by atoms with van der Waals surface area (Å²) in [6.07, 6.45) is 1.46. The molecule has 0 aromatic rings. The van der Waals surface area contributed by atoms with Gasteiger partial charge in [0, 0.05) is 26.7 Å². The Morgan fingerprint density at radius 1 is 1.00 bits per heavy atom. The van der Waals surface area contributed by atoms with Gasteiger partial charge in [0.05, 0.1) is 39.1 Å². The van der Waals surface area contributed by atoms with Crippen molar-refractivity contribution in [3.8, 4) is 0 Å². The standard InChI is InChI=1S/C14H29NO5/c1-13(2)20-7-4-5-14(16)15-6-8-18-11-12-19-10-9-17-3/h13H,4-12H2,1-3H3,(H,15,16). The number of carbonyl (C=O) groups excluding carboxylic acids is 1. The van der Waals surface area contributed by atoms with Crippen LogP contribution in [0.3, 0.4) is 0 Å². The second-order valence-corrected chi connectivity index (χ2v) is 4.59. The highest BCUT2D eigenvalue weighted by atomic mass is 16.5. The fourth-order valence-corrected chi connectivity index (χ4v) is 1.37. The first-order valence-electron chi connectivity index (χ1n) is 7.19. The Morgan fingerprint density at radius 3 is 2.30 bits per heavy atom. The lowest BCUT2D eigenvalue weighted by atomic mass is 10.3. The summed E-state index contributed by atoms with van der Waals surface area (Å²) in [4.78, 5) is 11.4. The molecule has 20 heavy (non-hydrogen) atoms. The van der Waals surface area contributed by atoms with Gasteiger partial charge in [-0.05, 0) is 20.3 Å². The van der Waals surface area contributed by atoms with E-state index in [0.29, 0.717) is 52.6 Å². The molecule has 0 aromatic carbocycles. The molecule has 6 heteroatoms. The van der Waals surface area contributed by atoms with Crippen molar-refractivity contribution in [1.82, 2.24) is 5.32 Å². The SMILES string of the molecule is COCCOCCOCCNC(=O)CCCOC(C)C. The Labute approximate surface area is 122 Å². The van der Waals surface area contributed by atoms with Crippen LogP contribution in [0, 0.1) is 0 Å². The van der Waals surface area contributed by atoms with Crippen molar-refractivity contribution in [2.24, 2.45) is 0 Å². The van der Waals surface area contributed by atoms with Gasteiger partial charge < -0.3 is 24.3 Å². The molecular formula is C14H29NO5. The maximum absolute atomic E-state index is 11.4. The maximum Gasteiger partial charge on any atom is 0.220 e. The van der Waals surface area contributed by atoms with Gasteiger partial charge in [0.25, 0.3) is 0 Å². The summed E-state index contributed by atoms with van der Waals surface area (Å²) in [6.45, 7) is 7.87. The van der Waals surface area contributed by atoms with Crippen LogP contribution in [0.1, 0.15) is 26.7 Å². The summed E-state index contributed by atoms with van der Waals surface area (Å²) < 4.78 is 20.8. The van der Waals surface area contributed by atoms with E-state index in [1.54, 1.807) is 7.11 Å². The van der Waals surface area contributed by atoms with E-state index < -0.39 is 0 Å². The summed E-state index contributed by atoms with van der Waals surface area (Å²) in [7, 11) is 1.64. The largest absolute Gasteiger partial charge is 0.382 e. The van der Waals surface area contributed by atoms with E-state index in [1.807, 2.05) is 13.8 Å². The highest BCUT2D eigenvalue weighted by Gasteiger charge is 2.01. The number of carbonyl (C=O) groups is 1. The van der Waals surface area contributed by atoms with E-state index in [-0.39, 0.29) is 12.0 Å². The number of ether oxygens (including phenoxy) is 4. The van der Waals surface area contributed by atoms with Gasteiger partial charge in [-0.15, -0.1) is 0 Å². The third-order valence-corrected chi connectivity index (χ3v) is 2.37. The van der Waals surface area contributed by atoms with Crippen LogP contribution in [0.15, 0.2) is 0 Å². The van der Waals surface area contributed by atoms with E-state index in [9.17, 15) is 4.79 Å². The lowest BCUT2D eigenvalue weighted by molar-refractivity contribution is -0.121. The molecule has 0 heterocycles. The quantitative estimate of drug-likeness (QED) is 0.483. The minimum Gasteiger partial charge on any atom is -0.382 e. The summed E-state index contributed by atoms with van der Waals surface area (Å²) in [5.74, 6) is 0.0392. The van der Waals surface area contributed by atoms with Gasteiger partial charge in [0.15, 0.2) is 0 Å². The number of hydrogen-bond donors (Lipinski definition) is 1. The summed E-state index contributed by atoms with van der Waals surface area (Å²) in [5.41, 5.74) is 0. The molecule has 0 aromatic heterocycles. The molecule has 0 bridgehead atoms. The van der Waals surface area contributed by atoms with Crippen molar-refractivity contribution in [2.45, 2.75) is 32.8 Å². The Hall–Kier alpha value is -0.690. The highest BCUT2D eigenvalue weighted by molar-refractivity contribution is 5.75. The van der Waals surface area contributed by atoms with Gasteiger partial charge in [-0.3, -0.25) is 4.79 Å². The van der Waals surface area contributed by atoms with Gasteiger partial charge in [-0.25, -0.2) is 0 Å². The molecule has 0 aliphatic carbocycles. The third kappa shape index (κ3) is 15.4. The van der Waals surface area contributed by atoms with E-state index >= 15 is 0 Å². The molecule has 0 aliphatic rings. The minimum absolute atomic E-state index is 0.0392.